The SMILES string of the molecule is CC1(C)O[C@@H]([C@H](COC2OC(COCc3ccccc3)C(OCc3ccccc3)C(OCc3ccccc3)C2OCc2ccccc2)N=[N+]=[N-])[C@@H](CC2CCCC2)O1. The average Bonchev–Trinajstić information content (AvgIpc) is 3.88. The Morgan fingerprint density at radius 3 is 1.67 bits per heavy atom. The topological polar surface area (TPSA) is 123 Å². The summed E-state index contributed by atoms with van der Waals surface area (Å²) in [5.41, 5.74) is 13.9. The molecule has 3 fully saturated rings. The first-order valence-electron chi connectivity index (χ1n) is 20.7. The van der Waals surface area contributed by atoms with Crippen LogP contribution in [0.3, 0.4) is 0 Å². The molecular weight excluding hydrogens is 735 g/mol. The maximum atomic E-state index is 9.84. The summed E-state index contributed by atoms with van der Waals surface area (Å²) >= 11 is 0. The summed E-state index contributed by atoms with van der Waals surface area (Å²) in [4.78, 5) is 3.25. The Labute approximate surface area is 342 Å². The highest BCUT2D eigenvalue weighted by molar-refractivity contribution is 5.16. The van der Waals surface area contributed by atoms with Crippen molar-refractivity contribution in [2.45, 2.75) is 127 Å². The molecule has 11 nitrogen and oxygen atoms in total. The predicted molar refractivity (Wildman–Crippen MR) is 219 cm³/mol. The van der Waals surface area contributed by atoms with Gasteiger partial charge in [-0.25, -0.2) is 0 Å². The van der Waals surface area contributed by atoms with Gasteiger partial charge in [-0.1, -0.05) is 152 Å². The molecule has 2 saturated heterocycles. The second kappa shape index (κ2) is 21.2. The molecule has 2 aliphatic heterocycles. The molecule has 0 N–H and O–H groups in total. The van der Waals surface area contributed by atoms with E-state index in [9.17, 15) is 5.53 Å². The van der Waals surface area contributed by atoms with Gasteiger partial charge in [-0.15, -0.1) is 0 Å². The van der Waals surface area contributed by atoms with E-state index in [1.54, 1.807) is 0 Å². The molecule has 0 radical (unpaired) electrons. The summed E-state index contributed by atoms with van der Waals surface area (Å²) in [5.74, 6) is -0.289. The van der Waals surface area contributed by atoms with Crippen LogP contribution >= 0.6 is 0 Å². The van der Waals surface area contributed by atoms with Gasteiger partial charge in [0.25, 0.3) is 0 Å². The van der Waals surface area contributed by atoms with Crippen molar-refractivity contribution in [3.05, 3.63) is 154 Å². The third-order valence-electron chi connectivity index (χ3n) is 11.1. The normalized spacial score (nSPS) is 26.3. The van der Waals surface area contributed by atoms with Crippen LogP contribution in [-0.2, 0) is 64.3 Å². The number of nitrogens with zero attached hydrogens (tertiary/aromatic N) is 3. The van der Waals surface area contributed by atoms with Gasteiger partial charge in [0.2, 0.25) is 0 Å². The standard InChI is InChI=1S/C47H57N3O8/c1-47(2)57-40(27-34-17-15-16-18-34)42(58-47)39(49-50-48)32-55-46-45(54-31-38-25-13-6-14-26-38)44(53-30-37-23-11-5-12-24-37)43(52-29-36-21-9-4-10-22-36)41(56-46)33-51-28-35-19-7-3-8-20-35/h3-14,19-26,34,39-46H,15-18,27-33H2,1-2H3/t39-,40+,41?,42-,43?,44?,45?,46?/m0/s1. The summed E-state index contributed by atoms with van der Waals surface area (Å²) in [5, 5.41) is 4.25. The van der Waals surface area contributed by atoms with Crippen molar-refractivity contribution in [3.63, 3.8) is 0 Å². The smallest absolute Gasteiger partial charge is 0.186 e. The zero-order valence-electron chi connectivity index (χ0n) is 33.6. The van der Waals surface area contributed by atoms with E-state index in [-0.39, 0.29) is 25.9 Å². The van der Waals surface area contributed by atoms with Gasteiger partial charge in [-0.3, -0.25) is 0 Å². The van der Waals surface area contributed by atoms with Crippen molar-refractivity contribution in [1.82, 2.24) is 0 Å². The quantitative estimate of drug-likeness (QED) is 0.0493. The lowest BCUT2D eigenvalue weighted by molar-refractivity contribution is -0.329. The van der Waals surface area contributed by atoms with E-state index in [0.717, 1.165) is 41.5 Å². The van der Waals surface area contributed by atoms with Crippen LogP contribution in [0.15, 0.2) is 126 Å². The molecule has 1 aliphatic carbocycles. The summed E-state index contributed by atoms with van der Waals surface area (Å²) in [6, 6.07) is 39.4. The third-order valence-corrected chi connectivity index (χ3v) is 11.1. The van der Waals surface area contributed by atoms with Crippen LogP contribution < -0.4 is 0 Å². The van der Waals surface area contributed by atoms with Crippen molar-refractivity contribution in [2.75, 3.05) is 13.2 Å². The van der Waals surface area contributed by atoms with Gasteiger partial charge in [0, 0.05) is 4.91 Å². The van der Waals surface area contributed by atoms with Crippen molar-refractivity contribution >= 4 is 0 Å². The van der Waals surface area contributed by atoms with Crippen LogP contribution in [0.25, 0.3) is 10.4 Å². The molecule has 3 aliphatic rings. The van der Waals surface area contributed by atoms with E-state index >= 15 is 0 Å². The lowest BCUT2D eigenvalue weighted by atomic mass is 9.94. The summed E-state index contributed by atoms with van der Waals surface area (Å²) in [6.07, 6.45) is 1.26. The zero-order chi connectivity index (χ0) is 40.0. The van der Waals surface area contributed by atoms with Gasteiger partial charge in [0.15, 0.2) is 12.1 Å². The summed E-state index contributed by atoms with van der Waals surface area (Å²) in [6.45, 7) is 5.30. The molecule has 0 amide bonds. The Balaban J connectivity index is 1.18. The number of benzene rings is 4. The molecule has 5 unspecified atom stereocenters. The van der Waals surface area contributed by atoms with Crippen LogP contribution in [-0.4, -0.2) is 68.0 Å². The Hall–Kier alpha value is -4.13. The summed E-state index contributed by atoms with van der Waals surface area (Å²) < 4.78 is 53.4. The van der Waals surface area contributed by atoms with Crippen LogP contribution in [0, 0.1) is 5.92 Å². The number of hydrogen-bond acceptors (Lipinski definition) is 9. The largest absolute Gasteiger partial charge is 0.374 e. The number of rotatable bonds is 20. The lowest BCUT2D eigenvalue weighted by Gasteiger charge is -2.46. The molecule has 4 aromatic rings. The fraction of sp³-hybridized carbons (Fsp3) is 0.489. The number of azide groups is 1. The Bertz CT molecular complexity index is 1830. The van der Waals surface area contributed by atoms with Crippen LogP contribution in [0.2, 0.25) is 0 Å². The van der Waals surface area contributed by atoms with Crippen molar-refractivity contribution in [3.8, 4) is 0 Å². The maximum Gasteiger partial charge on any atom is 0.186 e. The Morgan fingerprint density at radius 1 is 0.638 bits per heavy atom. The predicted octanol–water partition coefficient (Wildman–Crippen LogP) is 9.48. The van der Waals surface area contributed by atoms with Crippen LogP contribution in [0.1, 0.15) is 68.2 Å². The third kappa shape index (κ3) is 12.0. The molecule has 2 heterocycles. The number of hydrogen-bond donors (Lipinski definition) is 0. The monoisotopic (exact) mass is 791 g/mol. The lowest BCUT2D eigenvalue weighted by Crippen LogP contribution is -2.62. The molecular formula is C47H57N3O8. The van der Waals surface area contributed by atoms with Crippen LogP contribution in [0.5, 0.6) is 0 Å². The van der Waals surface area contributed by atoms with Gasteiger partial charge in [0.05, 0.1) is 57.9 Å². The first-order valence-corrected chi connectivity index (χ1v) is 20.7. The Kier molecular flexibility index (Phi) is 15.4. The first kappa shape index (κ1) is 42.0. The Morgan fingerprint density at radius 2 is 1.14 bits per heavy atom. The average molecular weight is 792 g/mol. The molecule has 7 rings (SSSR count). The molecule has 0 bridgehead atoms. The van der Waals surface area contributed by atoms with Gasteiger partial charge in [-0.2, -0.15) is 0 Å². The van der Waals surface area contributed by atoms with E-state index in [1.807, 2.05) is 135 Å². The highest BCUT2D eigenvalue weighted by Crippen LogP contribution is 2.39. The second-order valence-electron chi connectivity index (χ2n) is 16.0. The summed E-state index contributed by atoms with van der Waals surface area (Å²) in [7, 11) is 0. The molecule has 11 heteroatoms. The highest BCUT2D eigenvalue weighted by Gasteiger charge is 2.51. The maximum absolute atomic E-state index is 9.84. The minimum Gasteiger partial charge on any atom is -0.374 e. The molecule has 1 saturated carbocycles. The van der Waals surface area contributed by atoms with E-state index in [0.29, 0.717) is 25.7 Å². The minimum absolute atomic E-state index is 0.00370. The molecule has 8 atom stereocenters. The fourth-order valence-corrected chi connectivity index (χ4v) is 8.28. The fourth-order valence-electron chi connectivity index (χ4n) is 8.28. The molecule has 0 spiro atoms. The van der Waals surface area contributed by atoms with E-state index in [4.69, 9.17) is 37.9 Å². The van der Waals surface area contributed by atoms with Gasteiger partial charge in [-0.05, 0) is 54.0 Å². The van der Waals surface area contributed by atoms with Gasteiger partial charge < -0.3 is 37.9 Å². The molecule has 4 aromatic carbocycles. The zero-order valence-corrected chi connectivity index (χ0v) is 33.6. The van der Waals surface area contributed by atoms with Crippen LogP contribution in [0.4, 0.5) is 0 Å². The van der Waals surface area contributed by atoms with Gasteiger partial charge in [0.1, 0.15) is 24.4 Å². The molecule has 0 aromatic heterocycles. The minimum atomic E-state index is -0.952. The molecule has 58 heavy (non-hydrogen) atoms. The van der Waals surface area contributed by atoms with E-state index < -0.39 is 48.6 Å². The molecule has 308 valence electrons. The highest BCUT2D eigenvalue weighted by atomic mass is 16.8. The van der Waals surface area contributed by atoms with E-state index in [1.165, 1.54) is 12.8 Å². The van der Waals surface area contributed by atoms with Crippen molar-refractivity contribution in [1.29, 1.82) is 0 Å². The second-order valence-corrected chi connectivity index (χ2v) is 16.0. The van der Waals surface area contributed by atoms with Crippen molar-refractivity contribution < 1.29 is 37.9 Å². The first-order chi connectivity index (χ1) is 28.4. The number of ether oxygens (including phenoxy) is 8. The van der Waals surface area contributed by atoms with E-state index in [2.05, 4.69) is 10.0 Å². The van der Waals surface area contributed by atoms with Crippen molar-refractivity contribution in [2.24, 2.45) is 11.0 Å². The van der Waals surface area contributed by atoms with Gasteiger partial charge >= 0.3 is 0 Å².